The van der Waals surface area contributed by atoms with E-state index in [2.05, 4.69) is 32.7 Å². The van der Waals surface area contributed by atoms with Crippen LogP contribution in [0.15, 0.2) is 18.5 Å². The number of pyridine rings is 1. The summed E-state index contributed by atoms with van der Waals surface area (Å²) in [5.41, 5.74) is 2.51. The molecule has 3 heterocycles. The summed E-state index contributed by atoms with van der Waals surface area (Å²) in [7, 11) is 0. The van der Waals surface area contributed by atoms with Crippen molar-refractivity contribution < 1.29 is 4.79 Å². The van der Waals surface area contributed by atoms with Gasteiger partial charge in [0.05, 0.1) is 6.54 Å². The van der Waals surface area contributed by atoms with Crippen molar-refractivity contribution >= 4 is 11.6 Å². The number of carbonyl (C=O) groups is 1. The number of rotatable bonds is 3. The van der Waals surface area contributed by atoms with E-state index in [-0.39, 0.29) is 0 Å². The maximum absolute atomic E-state index is 12.6. The van der Waals surface area contributed by atoms with E-state index in [1.807, 2.05) is 12.4 Å². The summed E-state index contributed by atoms with van der Waals surface area (Å²) >= 11 is 0. The van der Waals surface area contributed by atoms with E-state index in [0.717, 1.165) is 45.7 Å². The Morgan fingerprint density at radius 3 is 2.54 bits per heavy atom. The molecular weight excluding hydrogens is 300 g/mol. The molecule has 0 saturated carbocycles. The van der Waals surface area contributed by atoms with Crippen molar-refractivity contribution in [2.75, 3.05) is 50.7 Å². The molecule has 0 bridgehead atoms. The number of likely N-dealkylation sites (tertiary alicyclic amines) is 1. The fourth-order valence-electron chi connectivity index (χ4n) is 3.80. The highest BCUT2D eigenvalue weighted by Crippen LogP contribution is 2.20. The average Bonchev–Trinajstić information content (AvgIpc) is 2.98. The van der Waals surface area contributed by atoms with Crippen LogP contribution in [0.4, 0.5) is 5.69 Å². The van der Waals surface area contributed by atoms with Gasteiger partial charge >= 0.3 is 0 Å². The van der Waals surface area contributed by atoms with Gasteiger partial charge < -0.3 is 9.80 Å². The van der Waals surface area contributed by atoms with Crippen LogP contribution in [0.1, 0.15) is 37.7 Å². The smallest absolute Gasteiger partial charge is 0.236 e. The first-order valence-corrected chi connectivity index (χ1v) is 9.40. The van der Waals surface area contributed by atoms with Crippen molar-refractivity contribution in [1.29, 1.82) is 0 Å². The highest BCUT2D eigenvalue weighted by molar-refractivity contribution is 5.78. The zero-order chi connectivity index (χ0) is 16.8. The molecule has 2 fully saturated rings. The minimum atomic E-state index is 0.324. The lowest BCUT2D eigenvalue weighted by molar-refractivity contribution is -0.132. The molecule has 0 aromatic carbocycles. The Hall–Kier alpha value is -1.62. The predicted molar refractivity (Wildman–Crippen MR) is 97.3 cm³/mol. The summed E-state index contributed by atoms with van der Waals surface area (Å²) in [5.74, 6) is 0.324. The van der Waals surface area contributed by atoms with Gasteiger partial charge in [-0.1, -0.05) is 12.8 Å². The molecule has 132 valence electrons. The van der Waals surface area contributed by atoms with Crippen molar-refractivity contribution in [3.63, 3.8) is 0 Å². The van der Waals surface area contributed by atoms with E-state index in [0.29, 0.717) is 12.5 Å². The van der Waals surface area contributed by atoms with E-state index in [9.17, 15) is 4.79 Å². The lowest BCUT2D eigenvalue weighted by atomic mass is 10.2. The molecule has 2 aliphatic heterocycles. The standard InChI is InChI=1S/C19H30N4O/c1-17-15-20-8-7-18(17)22-12-6-9-21(13-14-22)16-19(24)23-10-4-2-3-5-11-23/h7-8,15H,2-6,9-14,16H2,1H3. The van der Waals surface area contributed by atoms with Gasteiger partial charge in [-0.2, -0.15) is 0 Å². The van der Waals surface area contributed by atoms with E-state index in [1.165, 1.54) is 36.9 Å². The second-order valence-electron chi connectivity index (χ2n) is 7.07. The molecule has 0 aliphatic carbocycles. The summed E-state index contributed by atoms with van der Waals surface area (Å²) in [6, 6.07) is 2.10. The Morgan fingerprint density at radius 2 is 1.79 bits per heavy atom. The normalized spacial score (nSPS) is 20.5. The van der Waals surface area contributed by atoms with Crippen LogP contribution in [0.2, 0.25) is 0 Å². The molecule has 1 aromatic rings. The van der Waals surface area contributed by atoms with Gasteiger partial charge in [-0.25, -0.2) is 0 Å². The Labute approximate surface area is 145 Å². The fraction of sp³-hybridized carbons (Fsp3) is 0.684. The molecule has 2 aliphatic rings. The molecule has 24 heavy (non-hydrogen) atoms. The Morgan fingerprint density at radius 1 is 1.00 bits per heavy atom. The van der Waals surface area contributed by atoms with Gasteiger partial charge in [-0.3, -0.25) is 14.7 Å². The lowest BCUT2D eigenvalue weighted by Crippen LogP contribution is -2.42. The van der Waals surface area contributed by atoms with Crippen LogP contribution >= 0.6 is 0 Å². The second kappa shape index (κ2) is 8.47. The number of aromatic nitrogens is 1. The SMILES string of the molecule is Cc1cnccc1N1CCCN(CC(=O)N2CCCCCC2)CC1. The molecule has 5 heteroatoms. The largest absolute Gasteiger partial charge is 0.370 e. The van der Waals surface area contributed by atoms with E-state index >= 15 is 0 Å². The second-order valence-corrected chi connectivity index (χ2v) is 7.07. The van der Waals surface area contributed by atoms with Crippen LogP contribution in [-0.2, 0) is 4.79 Å². The first-order chi connectivity index (χ1) is 11.7. The Balaban J connectivity index is 1.53. The third kappa shape index (κ3) is 4.47. The quantitative estimate of drug-likeness (QED) is 0.853. The van der Waals surface area contributed by atoms with Crippen LogP contribution in [0, 0.1) is 6.92 Å². The van der Waals surface area contributed by atoms with Gasteiger partial charge in [0, 0.05) is 57.3 Å². The van der Waals surface area contributed by atoms with Crippen LogP contribution in [-0.4, -0.2) is 66.5 Å². The molecule has 5 nitrogen and oxygen atoms in total. The number of aryl methyl sites for hydroxylation is 1. The summed E-state index contributed by atoms with van der Waals surface area (Å²) in [4.78, 5) is 23.6. The summed E-state index contributed by atoms with van der Waals surface area (Å²) in [5, 5.41) is 0. The van der Waals surface area contributed by atoms with Crippen molar-refractivity contribution in [1.82, 2.24) is 14.8 Å². The van der Waals surface area contributed by atoms with Gasteiger partial charge in [-0.05, 0) is 37.8 Å². The number of anilines is 1. The van der Waals surface area contributed by atoms with Crippen LogP contribution in [0.25, 0.3) is 0 Å². The molecule has 2 saturated heterocycles. The number of hydrogen-bond donors (Lipinski definition) is 0. The number of hydrogen-bond acceptors (Lipinski definition) is 4. The third-order valence-electron chi connectivity index (χ3n) is 5.24. The van der Waals surface area contributed by atoms with E-state index in [4.69, 9.17) is 0 Å². The van der Waals surface area contributed by atoms with Crippen molar-refractivity contribution in [2.45, 2.75) is 39.0 Å². The van der Waals surface area contributed by atoms with Crippen LogP contribution in [0.5, 0.6) is 0 Å². The highest BCUT2D eigenvalue weighted by atomic mass is 16.2. The Bertz CT molecular complexity index is 540. The fourth-order valence-corrected chi connectivity index (χ4v) is 3.80. The first kappa shape index (κ1) is 17.2. The molecule has 3 rings (SSSR count). The molecule has 0 radical (unpaired) electrons. The minimum absolute atomic E-state index is 0.324. The molecule has 0 spiro atoms. The Kier molecular flexibility index (Phi) is 6.07. The molecular formula is C19H30N4O. The van der Waals surface area contributed by atoms with Gasteiger partial charge in [0.15, 0.2) is 0 Å². The molecule has 0 N–H and O–H groups in total. The summed E-state index contributed by atoms with van der Waals surface area (Å²) in [6.45, 7) is 8.62. The van der Waals surface area contributed by atoms with Gasteiger partial charge in [0.2, 0.25) is 5.91 Å². The highest BCUT2D eigenvalue weighted by Gasteiger charge is 2.21. The van der Waals surface area contributed by atoms with Crippen molar-refractivity contribution in [3.8, 4) is 0 Å². The number of carbonyl (C=O) groups excluding carboxylic acids is 1. The lowest BCUT2D eigenvalue weighted by Gasteiger charge is -2.26. The predicted octanol–water partition coefficient (Wildman–Crippen LogP) is 2.30. The van der Waals surface area contributed by atoms with E-state index in [1.54, 1.807) is 0 Å². The maximum atomic E-state index is 12.6. The third-order valence-corrected chi connectivity index (χ3v) is 5.24. The minimum Gasteiger partial charge on any atom is -0.370 e. The maximum Gasteiger partial charge on any atom is 0.236 e. The van der Waals surface area contributed by atoms with Gasteiger partial charge in [0.25, 0.3) is 0 Å². The number of nitrogens with zero attached hydrogens (tertiary/aromatic N) is 4. The number of amides is 1. The summed E-state index contributed by atoms with van der Waals surface area (Å²) in [6.07, 6.45) is 9.78. The zero-order valence-electron chi connectivity index (χ0n) is 14.9. The molecule has 0 atom stereocenters. The monoisotopic (exact) mass is 330 g/mol. The molecule has 0 unspecified atom stereocenters. The molecule has 1 amide bonds. The van der Waals surface area contributed by atoms with Crippen LogP contribution in [0.3, 0.4) is 0 Å². The average molecular weight is 330 g/mol. The topological polar surface area (TPSA) is 39.7 Å². The van der Waals surface area contributed by atoms with Gasteiger partial charge in [-0.15, -0.1) is 0 Å². The van der Waals surface area contributed by atoms with Crippen molar-refractivity contribution in [3.05, 3.63) is 24.0 Å². The van der Waals surface area contributed by atoms with E-state index < -0.39 is 0 Å². The van der Waals surface area contributed by atoms with Gasteiger partial charge in [0.1, 0.15) is 0 Å². The van der Waals surface area contributed by atoms with Crippen molar-refractivity contribution in [2.24, 2.45) is 0 Å². The first-order valence-electron chi connectivity index (χ1n) is 9.40. The zero-order valence-corrected chi connectivity index (χ0v) is 14.9. The van der Waals surface area contributed by atoms with Crippen LogP contribution < -0.4 is 4.90 Å². The summed E-state index contributed by atoms with van der Waals surface area (Å²) < 4.78 is 0. The molecule has 1 aromatic heterocycles.